The van der Waals surface area contributed by atoms with Gasteiger partial charge < -0.3 is 19.5 Å². The molecule has 0 aromatic heterocycles. The zero-order valence-corrected chi connectivity index (χ0v) is 19.1. The van der Waals surface area contributed by atoms with Gasteiger partial charge in [-0.25, -0.2) is 8.42 Å². The number of nitrogens with one attached hydrogen (secondary N) is 1. The summed E-state index contributed by atoms with van der Waals surface area (Å²) in [7, 11) is -0.671. The number of methoxy groups -OCH3 is 2. The van der Waals surface area contributed by atoms with Crippen LogP contribution in [0.25, 0.3) is 0 Å². The SMILES string of the molecule is COc1ccc([C@H](C)NC(=O)c2cc(S(=O)(=O)N3CCOCC3)ccc2Cl)cc1OC. The second-order valence-electron chi connectivity index (χ2n) is 6.97. The van der Waals surface area contributed by atoms with Crippen molar-refractivity contribution < 1.29 is 27.4 Å². The van der Waals surface area contributed by atoms with Gasteiger partial charge in [0, 0.05) is 13.1 Å². The minimum atomic E-state index is -3.75. The Morgan fingerprint density at radius 3 is 2.42 bits per heavy atom. The average Bonchev–Trinajstić information content (AvgIpc) is 2.79. The minimum Gasteiger partial charge on any atom is -0.493 e. The second kappa shape index (κ2) is 9.86. The molecule has 2 aromatic rings. The van der Waals surface area contributed by atoms with E-state index in [4.69, 9.17) is 25.8 Å². The van der Waals surface area contributed by atoms with Gasteiger partial charge in [0.15, 0.2) is 11.5 Å². The van der Waals surface area contributed by atoms with Crippen LogP contribution in [0.5, 0.6) is 11.5 Å². The predicted molar refractivity (Wildman–Crippen MR) is 116 cm³/mol. The largest absolute Gasteiger partial charge is 0.493 e. The third-order valence-electron chi connectivity index (χ3n) is 5.05. The van der Waals surface area contributed by atoms with Crippen LogP contribution in [0, 0.1) is 0 Å². The van der Waals surface area contributed by atoms with Gasteiger partial charge in [0.1, 0.15) is 0 Å². The Morgan fingerprint density at radius 2 is 1.77 bits per heavy atom. The third-order valence-corrected chi connectivity index (χ3v) is 7.27. The number of ether oxygens (including phenoxy) is 3. The van der Waals surface area contributed by atoms with Crippen molar-refractivity contribution in [2.75, 3.05) is 40.5 Å². The van der Waals surface area contributed by atoms with Crippen molar-refractivity contribution in [3.63, 3.8) is 0 Å². The molecule has 1 saturated heterocycles. The molecule has 1 aliphatic rings. The predicted octanol–water partition coefficient (Wildman–Crippen LogP) is 2.87. The maximum Gasteiger partial charge on any atom is 0.253 e. The van der Waals surface area contributed by atoms with Crippen molar-refractivity contribution in [3.8, 4) is 11.5 Å². The molecule has 0 spiro atoms. The highest BCUT2D eigenvalue weighted by Crippen LogP contribution is 2.30. The molecule has 10 heteroatoms. The lowest BCUT2D eigenvalue weighted by atomic mass is 10.1. The van der Waals surface area contributed by atoms with Crippen molar-refractivity contribution in [1.29, 1.82) is 0 Å². The molecule has 0 bridgehead atoms. The van der Waals surface area contributed by atoms with Crippen LogP contribution in [-0.2, 0) is 14.8 Å². The summed E-state index contributed by atoms with van der Waals surface area (Å²) in [6.45, 7) is 3.01. The highest BCUT2D eigenvalue weighted by molar-refractivity contribution is 7.89. The van der Waals surface area contributed by atoms with Crippen LogP contribution in [-0.4, -0.2) is 59.2 Å². The molecule has 1 fully saturated rings. The molecule has 1 aliphatic heterocycles. The fourth-order valence-electron chi connectivity index (χ4n) is 3.25. The van der Waals surface area contributed by atoms with Gasteiger partial charge in [-0.3, -0.25) is 4.79 Å². The van der Waals surface area contributed by atoms with Gasteiger partial charge in [-0.15, -0.1) is 0 Å². The molecule has 0 radical (unpaired) electrons. The van der Waals surface area contributed by atoms with Crippen LogP contribution in [0.3, 0.4) is 0 Å². The average molecular weight is 469 g/mol. The lowest BCUT2D eigenvalue weighted by molar-refractivity contribution is 0.0730. The Hall–Kier alpha value is -2.33. The van der Waals surface area contributed by atoms with Crippen LogP contribution in [0.1, 0.15) is 28.9 Å². The Balaban J connectivity index is 1.82. The van der Waals surface area contributed by atoms with E-state index in [9.17, 15) is 13.2 Å². The van der Waals surface area contributed by atoms with Gasteiger partial charge in [0.25, 0.3) is 5.91 Å². The monoisotopic (exact) mass is 468 g/mol. The normalized spacial score (nSPS) is 15.9. The second-order valence-corrected chi connectivity index (χ2v) is 9.31. The van der Waals surface area contributed by atoms with E-state index in [2.05, 4.69) is 5.32 Å². The molecule has 3 rings (SSSR count). The zero-order chi connectivity index (χ0) is 22.6. The van der Waals surface area contributed by atoms with Crippen LogP contribution in [0.2, 0.25) is 5.02 Å². The molecule has 8 nitrogen and oxygen atoms in total. The molecule has 2 aromatic carbocycles. The summed E-state index contributed by atoms with van der Waals surface area (Å²) < 4.78 is 42.9. The maximum absolute atomic E-state index is 12.9. The highest BCUT2D eigenvalue weighted by Gasteiger charge is 2.28. The minimum absolute atomic E-state index is 0.0164. The zero-order valence-electron chi connectivity index (χ0n) is 17.6. The lowest BCUT2D eigenvalue weighted by Gasteiger charge is -2.26. The fourth-order valence-corrected chi connectivity index (χ4v) is 4.89. The summed E-state index contributed by atoms with van der Waals surface area (Å²) in [6.07, 6.45) is 0. The number of nitrogens with zero attached hydrogens (tertiary/aromatic N) is 1. The molecular weight excluding hydrogens is 444 g/mol. The van der Waals surface area contributed by atoms with Gasteiger partial charge in [0.2, 0.25) is 10.0 Å². The molecule has 31 heavy (non-hydrogen) atoms. The molecular formula is C21H25ClN2O6S. The quantitative estimate of drug-likeness (QED) is 0.671. The summed E-state index contributed by atoms with van der Waals surface area (Å²) in [4.78, 5) is 12.9. The smallest absolute Gasteiger partial charge is 0.253 e. The summed E-state index contributed by atoms with van der Waals surface area (Å²) in [6, 6.07) is 9.08. The molecule has 1 N–H and O–H groups in total. The summed E-state index contributed by atoms with van der Waals surface area (Å²) in [5.41, 5.74) is 0.877. The highest BCUT2D eigenvalue weighted by atomic mass is 35.5. The Labute approximate surface area is 187 Å². The van der Waals surface area contributed by atoms with E-state index >= 15 is 0 Å². The van der Waals surface area contributed by atoms with Crippen LogP contribution in [0.4, 0.5) is 0 Å². The number of hydrogen-bond donors (Lipinski definition) is 1. The fraction of sp³-hybridized carbons (Fsp3) is 0.381. The molecule has 1 atom stereocenters. The van der Waals surface area contributed by atoms with E-state index in [1.54, 1.807) is 26.2 Å². The van der Waals surface area contributed by atoms with Gasteiger partial charge in [-0.2, -0.15) is 4.31 Å². The number of carbonyl (C=O) groups excluding carboxylic acids is 1. The summed E-state index contributed by atoms with van der Waals surface area (Å²) in [5, 5.41) is 3.02. The van der Waals surface area contributed by atoms with E-state index in [1.807, 2.05) is 6.07 Å². The van der Waals surface area contributed by atoms with Gasteiger partial charge in [-0.1, -0.05) is 17.7 Å². The van der Waals surface area contributed by atoms with Gasteiger partial charge in [-0.05, 0) is 42.8 Å². The molecule has 1 heterocycles. The Kier molecular flexibility index (Phi) is 7.42. The standard InChI is InChI=1S/C21H25ClN2O6S/c1-14(15-4-7-19(28-2)20(12-15)29-3)23-21(25)17-13-16(5-6-18(17)22)31(26,27)24-8-10-30-11-9-24/h4-7,12-14H,8-11H2,1-3H3,(H,23,25)/t14-/m0/s1. The van der Waals surface area contributed by atoms with Crippen LogP contribution < -0.4 is 14.8 Å². The molecule has 168 valence electrons. The number of rotatable bonds is 7. The number of morpholine rings is 1. The first-order valence-corrected chi connectivity index (χ1v) is 11.5. The molecule has 0 aliphatic carbocycles. The van der Waals surface area contributed by atoms with Crippen molar-refractivity contribution in [1.82, 2.24) is 9.62 Å². The number of hydrogen-bond acceptors (Lipinski definition) is 6. The molecule has 0 saturated carbocycles. The lowest BCUT2D eigenvalue weighted by Crippen LogP contribution is -2.40. The molecule has 1 amide bonds. The number of halogens is 1. The van der Waals surface area contributed by atoms with Crippen LogP contribution >= 0.6 is 11.6 Å². The Bertz CT molecular complexity index is 1050. The van der Waals surface area contributed by atoms with Crippen molar-refractivity contribution in [2.24, 2.45) is 0 Å². The van der Waals surface area contributed by atoms with Crippen molar-refractivity contribution in [2.45, 2.75) is 17.9 Å². The number of benzene rings is 2. The van der Waals surface area contributed by atoms with E-state index in [1.165, 1.54) is 29.6 Å². The summed E-state index contributed by atoms with van der Waals surface area (Å²) in [5.74, 6) is 0.637. The third kappa shape index (κ3) is 5.12. The van der Waals surface area contributed by atoms with E-state index < -0.39 is 15.9 Å². The van der Waals surface area contributed by atoms with Crippen molar-refractivity contribution in [3.05, 3.63) is 52.5 Å². The maximum atomic E-state index is 12.9. The Morgan fingerprint density at radius 1 is 1.10 bits per heavy atom. The topological polar surface area (TPSA) is 94.2 Å². The van der Waals surface area contributed by atoms with Crippen molar-refractivity contribution >= 4 is 27.5 Å². The van der Waals surface area contributed by atoms with E-state index in [-0.39, 0.29) is 34.6 Å². The molecule has 0 unspecified atom stereocenters. The first kappa shape index (κ1) is 23.3. The first-order valence-electron chi connectivity index (χ1n) is 9.68. The number of sulfonamides is 1. The van der Waals surface area contributed by atoms with Gasteiger partial charge in [0.05, 0.1) is 49.0 Å². The van der Waals surface area contributed by atoms with E-state index in [0.717, 1.165) is 5.56 Å². The first-order chi connectivity index (χ1) is 14.8. The summed E-state index contributed by atoms with van der Waals surface area (Å²) >= 11 is 6.22. The van der Waals surface area contributed by atoms with Gasteiger partial charge >= 0.3 is 0 Å². The number of amides is 1. The number of carbonyl (C=O) groups is 1. The van der Waals surface area contributed by atoms with E-state index in [0.29, 0.717) is 24.7 Å². The van der Waals surface area contributed by atoms with Crippen LogP contribution in [0.15, 0.2) is 41.3 Å².